The van der Waals surface area contributed by atoms with Crippen molar-refractivity contribution in [3.8, 4) is 5.75 Å². The van der Waals surface area contributed by atoms with E-state index in [9.17, 15) is 9.59 Å². The van der Waals surface area contributed by atoms with Gasteiger partial charge in [-0.3, -0.25) is 9.59 Å². The van der Waals surface area contributed by atoms with Gasteiger partial charge in [0.05, 0.1) is 25.2 Å². The normalized spacial score (nSPS) is 22.0. The predicted octanol–water partition coefficient (Wildman–Crippen LogP) is 3.51. The fourth-order valence-electron chi connectivity index (χ4n) is 5.05. The van der Waals surface area contributed by atoms with E-state index >= 15 is 0 Å². The number of carbonyl (C=O) groups excluding carboxylic acids is 2. The summed E-state index contributed by atoms with van der Waals surface area (Å²) >= 11 is 0. The quantitative estimate of drug-likeness (QED) is 0.679. The van der Waals surface area contributed by atoms with Crippen LogP contribution >= 0.6 is 0 Å². The highest BCUT2D eigenvalue weighted by Gasteiger charge is 2.53. The Morgan fingerprint density at radius 2 is 1.67 bits per heavy atom. The smallest absolute Gasteiger partial charge is 0.254 e. The second-order valence-corrected chi connectivity index (χ2v) is 9.45. The molecule has 2 heterocycles. The monoisotopic (exact) mass is 448 g/mol. The van der Waals surface area contributed by atoms with E-state index in [0.29, 0.717) is 44.4 Å². The van der Waals surface area contributed by atoms with Crippen LogP contribution in [0.4, 0.5) is 0 Å². The van der Waals surface area contributed by atoms with Gasteiger partial charge in [-0.1, -0.05) is 30.3 Å². The van der Waals surface area contributed by atoms with Gasteiger partial charge in [0.15, 0.2) is 0 Å². The molecule has 3 fully saturated rings. The molecule has 0 radical (unpaired) electrons. The maximum atomic E-state index is 13.4. The molecule has 1 unspecified atom stereocenters. The average molecular weight is 449 g/mol. The van der Waals surface area contributed by atoms with E-state index < -0.39 is 0 Å². The molecule has 33 heavy (non-hydrogen) atoms. The summed E-state index contributed by atoms with van der Waals surface area (Å²) in [5.41, 5.74) is 1.53. The lowest BCUT2D eigenvalue weighted by Crippen LogP contribution is -2.46. The number of hydrogen-bond acceptors (Lipinski definition) is 4. The number of nitrogens with zero attached hydrogens (tertiary/aromatic N) is 2. The van der Waals surface area contributed by atoms with E-state index in [1.165, 1.54) is 0 Å². The van der Waals surface area contributed by atoms with Crippen LogP contribution < -0.4 is 4.74 Å². The number of amides is 2. The van der Waals surface area contributed by atoms with Crippen molar-refractivity contribution >= 4 is 11.8 Å². The van der Waals surface area contributed by atoms with Crippen LogP contribution in [-0.2, 0) is 14.9 Å². The molecule has 6 heteroatoms. The van der Waals surface area contributed by atoms with E-state index in [2.05, 4.69) is 17.0 Å². The largest absolute Gasteiger partial charge is 0.493 e. The van der Waals surface area contributed by atoms with Crippen molar-refractivity contribution in [3.63, 3.8) is 0 Å². The van der Waals surface area contributed by atoms with E-state index in [4.69, 9.17) is 9.47 Å². The van der Waals surface area contributed by atoms with Crippen LogP contribution in [-0.4, -0.2) is 67.6 Å². The van der Waals surface area contributed by atoms with Crippen LogP contribution in [0.15, 0.2) is 54.6 Å². The van der Waals surface area contributed by atoms with Crippen molar-refractivity contribution in [3.05, 3.63) is 65.7 Å². The van der Waals surface area contributed by atoms with Gasteiger partial charge in [0.25, 0.3) is 5.91 Å². The maximum absolute atomic E-state index is 13.4. The molecule has 6 nitrogen and oxygen atoms in total. The Kier molecular flexibility index (Phi) is 6.36. The Morgan fingerprint density at radius 1 is 0.939 bits per heavy atom. The molecule has 3 aliphatic rings. The second kappa shape index (κ2) is 9.56. The Balaban J connectivity index is 1.15. The molecule has 2 amide bonds. The summed E-state index contributed by atoms with van der Waals surface area (Å²) in [6, 6.07) is 17.6. The van der Waals surface area contributed by atoms with Crippen LogP contribution in [0.25, 0.3) is 0 Å². The summed E-state index contributed by atoms with van der Waals surface area (Å²) in [7, 11) is 0. The molecule has 0 N–H and O–H groups in total. The van der Waals surface area contributed by atoms with Crippen molar-refractivity contribution in [2.45, 2.75) is 31.1 Å². The minimum absolute atomic E-state index is 0.0405. The first-order valence-electron chi connectivity index (χ1n) is 12.1. The van der Waals surface area contributed by atoms with Gasteiger partial charge in [0, 0.05) is 37.7 Å². The molecule has 2 aromatic carbocycles. The summed E-state index contributed by atoms with van der Waals surface area (Å²) in [6.07, 6.45) is 3.97. The lowest BCUT2D eigenvalue weighted by atomic mass is 9.91. The zero-order valence-electron chi connectivity index (χ0n) is 19.1. The van der Waals surface area contributed by atoms with Crippen molar-refractivity contribution < 1.29 is 19.1 Å². The number of carbonyl (C=O) groups is 2. The molecule has 0 aromatic heterocycles. The molecule has 0 bridgehead atoms. The highest BCUT2D eigenvalue weighted by molar-refractivity contribution is 5.94. The van der Waals surface area contributed by atoms with Crippen molar-refractivity contribution in [2.75, 3.05) is 46.0 Å². The van der Waals surface area contributed by atoms with Crippen LogP contribution in [0.3, 0.4) is 0 Å². The van der Waals surface area contributed by atoms with Crippen molar-refractivity contribution in [1.82, 2.24) is 9.80 Å². The van der Waals surface area contributed by atoms with Crippen LogP contribution in [0, 0.1) is 5.92 Å². The average Bonchev–Trinajstić information content (AvgIpc) is 3.70. The van der Waals surface area contributed by atoms with Gasteiger partial charge >= 0.3 is 0 Å². The van der Waals surface area contributed by atoms with E-state index in [1.807, 2.05) is 47.4 Å². The van der Waals surface area contributed by atoms with Crippen LogP contribution in [0.2, 0.25) is 0 Å². The molecule has 0 spiro atoms. The van der Waals surface area contributed by atoms with Gasteiger partial charge in [0.1, 0.15) is 5.75 Å². The maximum Gasteiger partial charge on any atom is 0.254 e. The SMILES string of the molecule is O=C(c1ccc(OCC2CCCN(C(=O)C3(c4ccccc4)CC3)C2)cc1)N1CCOCC1. The Hall–Kier alpha value is -2.86. The molecule has 2 saturated heterocycles. The molecule has 2 aliphatic heterocycles. The third-order valence-electron chi connectivity index (χ3n) is 7.18. The fourth-order valence-corrected chi connectivity index (χ4v) is 5.05. The summed E-state index contributed by atoms with van der Waals surface area (Å²) in [4.78, 5) is 29.9. The number of morpholine rings is 1. The lowest BCUT2D eigenvalue weighted by Gasteiger charge is -2.35. The van der Waals surface area contributed by atoms with Gasteiger partial charge in [-0.05, 0) is 55.5 Å². The third-order valence-corrected chi connectivity index (χ3v) is 7.18. The molecular formula is C27H32N2O4. The Labute approximate surface area is 195 Å². The van der Waals surface area contributed by atoms with Gasteiger partial charge in [-0.15, -0.1) is 0 Å². The Bertz CT molecular complexity index is 965. The van der Waals surface area contributed by atoms with Crippen LogP contribution in [0.5, 0.6) is 5.75 Å². The minimum atomic E-state index is -0.299. The summed E-state index contributed by atoms with van der Waals surface area (Å²) in [5, 5.41) is 0. The molecule has 5 rings (SSSR count). The first-order valence-corrected chi connectivity index (χ1v) is 12.1. The summed E-state index contributed by atoms with van der Waals surface area (Å²) in [6.45, 7) is 4.64. The zero-order valence-corrected chi connectivity index (χ0v) is 19.1. The number of likely N-dealkylation sites (tertiary alicyclic amines) is 1. The fraction of sp³-hybridized carbons (Fsp3) is 0.481. The first kappa shape index (κ1) is 22.0. The standard InChI is InChI=1S/C27H32N2O4/c30-25(28-15-17-32-18-16-28)22-8-10-24(11-9-22)33-20-21-5-4-14-29(19-21)26(31)27(12-13-27)23-6-2-1-3-7-23/h1-3,6-11,21H,4-5,12-20H2. The number of rotatable bonds is 6. The van der Waals surface area contributed by atoms with Gasteiger partial charge in [0.2, 0.25) is 5.91 Å². The molecule has 1 aliphatic carbocycles. The number of ether oxygens (including phenoxy) is 2. The predicted molar refractivity (Wildman–Crippen MR) is 125 cm³/mol. The van der Waals surface area contributed by atoms with E-state index in [0.717, 1.165) is 50.1 Å². The third kappa shape index (κ3) is 4.76. The Morgan fingerprint density at radius 3 is 2.36 bits per heavy atom. The highest BCUT2D eigenvalue weighted by Crippen LogP contribution is 2.50. The molecule has 174 valence electrons. The lowest BCUT2D eigenvalue weighted by molar-refractivity contribution is -0.136. The minimum Gasteiger partial charge on any atom is -0.493 e. The van der Waals surface area contributed by atoms with Crippen molar-refractivity contribution in [2.24, 2.45) is 5.92 Å². The van der Waals surface area contributed by atoms with Crippen LogP contribution in [0.1, 0.15) is 41.6 Å². The molecule has 1 atom stereocenters. The number of hydrogen-bond donors (Lipinski definition) is 0. The second-order valence-electron chi connectivity index (χ2n) is 9.45. The van der Waals surface area contributed by atoms with E-state index in [1.54, 1.807) is 0 Å². The highest BCUT2D eigenvalue weighted by atomic mass is 16.5. The summed E-state index contributed by atoms with van der Waals surface area (Å²) in [5.74, 6) is 1.41. The number of benzene rings is 2. The van der Waals surface area contributed by atoms with Gasteiger partial charge in [-0.25, -0.2) is 0 Å². The topological polar surface area (TPSA) is 59.1 Å². The first-order chi connectivity index (χ1) is 16.2. The van der Waals surface area contributed by atoms with Gasteiger partial charge in [-0.2, -0.15) is 0 Å². The summed E-state index contributed by atoms with van der Waals surface area (Å²) < 4.78 is 11.4. The van der Waals surface area contributed by atoms with Gasteiger partial charge < -0.3 is 19.3 Å². The molecular weight excluding hydrogens is 416 g/mol. The zero-order chi connectivity index (χ0) is 22.7. The van der Waals surface area contributed by atoms with E-state index in [-0.39, 0.29) is 17.2 Å². The molecule has 2 aromatic rings. The number of piperidine rings is 1. The van der Waals surface area contributed by atoms with Crippen molar-refractivity contribution in [1.29, 1.82) is 0 Å². The molecule has 1 saturated carbocycles.